The maximum Gasteiger partial charge on any atom is 0.222 e. The molecule has 114 valence electrons. The number of amides is 1. The minimum absolute atomic E-state index is 0.186. The van der Waals surface area contributed by atoms with Crippen molar-refractivity contribution in [3.63, 3.8) is 0 Å². The Morgan fingerprint density at radius 1 is 1.43 bits per heavy atom. The number of methoxy groups -OCH3 is 1. The van der Waals surface area contributed by atoms with E-state index in [2.05, 4.69) is 6.07 Å². The largest absolute Gasteiger partial charge is 0.496 e. The summed E-state index contributed by atoms with van der Waals surface area (Å²) in [5.74, 6) is 1.94. The smallest absolute Gasteiger partial charge is 0.222 e. The second-order valence-electron chi connectivity index (χ2n) is 6.33. The number of fused-ring (bicyclic) bond motifs is 1. The van der Waals surface area contributed by atoms with E-state index in [1.807, 2.05) is 24.0 Å². The number of carbonyl (C=O) groups is 1. The van der Waals surface area contributed by atoms with Gasteiger partial charge in [0.15, 0.2) is 0 Å². The van der Waals surface area contributed by atoms with E-state index in [-0.39, 0.29) is 12.0 Å². The molecule has 1 aliphatic carbocycles. The Morgan fingerprint density at radius 2 is 2.24 bits per heavy atom. The average Bonchev–Trinajstić information content (AvgIpc) is 2.83. The standard InChI is InChI=1S/C17H23NO3/c1-11-3-4-12(7-16(11)21-2)5-6-17(20)18-9-13-8-15(19)14(13)10-18/h3-4,7,13-15,19H,5-6,8-10H2,1-2H3/t13-,14+,15-/m1/s1. The monoisotopic (exact) mass is 289 g/mol. The topological polar surface area (TPSA) is 49.8 Å². The fourth-order valence-corrected chi connectivity index (χ4v) is 3.50. The molecule has 1 aromatic carbocycles. The molecular formula is C17H23NO3. The highest BCUT2D eigenvalue weighted by molar-refractivity contribution is 5.77. The number of rotatable bonds is 4. The number of hydrogen-bond donors (Lipinski definition) is 1. The second-order valence-corrected chi connectivity index (χ2v) is 6.33. The fraction of sp³-hybridized carbons (Fsp3) is 0.588. The van der Waals surface area contributed by atoms with E-state index < -0.39 is 0 Å². The summed E-state index contributed by atoms with van der Waals surface area (Å²) in [4.78, 5) is 14.2. The molecule has 1 aromatic rings. The lowest BCUT2D eigenvalue weighted by molar-refractivity contribution is -0.130. The van der Waals surface area contributed by atoms with Crippen LogP contribution in [0.2, 0.25) is 0 Å². The van der Waals surface area contributed by atoms with Crippen LogP contribution in [0.1, 0.15) is 24.0 Å². The molecule has 3 atom stereocenters. The first-order valence-electron chi connectivity index (χ1n) is 7.68. The van der Waals surface area contributed by atoms with Crippen molar-refractivity contribution in [2.45, 2.75) is 32.3 Å². The molecule has 0 radical (unpaired) electrons. The molecule has 21 heavy (non-hydrogen) atoms. The number of nitrogens with zero attached hydrogens (tertiary/aromatic N) is 1. The third kappa shape index (κ3) is 2.77. The first-order chi connectivity index (χ1) is 10.1. The Labute approximate surface area is 125 Å². The minimum Gasteiger partial charge on any atom is -0.496 e. The van der Waals surface area contributed by atoms with Crippen molar-refractivity contribution in [1.29, 1.82) is 0 Å². The number of hydrogen-bond acceptors (Lipinski definition) is 3. The van der Waals surface area contributed by atoms with Crippen molar-refractivity contribution in [2.75, 3.05) is 20.2 Å². The summed E-state index contributed by atoms with van der Waals surface area (Å²) in [6, 6.07) is 6.10. The molecule has 0 spiro atoms. The summed E-state index contributed by atoms with van der Waals surface area (Å²) in [5, 5.41) is 9.66. The summed E-state index contributed by atoms with van der Waals surface area (Å²) < 4.78 is 5.32. The quantitative estimate of drug-likeness (QED) is 0.919. The molecule has 1 N–H and O–H groups in total. The normalized spacial score (nSPS) is 27.2. The van der Waals surface area contributed by atoms with Crippen LogP contribution in [0.25, 0.3) is 0 Å². The molecule has 2 fully saturated rings. The van der Waals surface area contributed by atoms with E-state index >= 15 is 0 Å². The van der Waals surface area contributed by atoms with Gasteiger partial charge in [-0.3, -0.25) is 4.79 Å². The van der Waals surface area contributed by atoms with E-state index in [1.54, 1.807) is 7.11 Å². The highest BCUT2D eigenvalue weighted by Gasteiger charge is 2.47. The molecule has 0 aromatic heterocycles. The van der Waals surface area contributed by atoms with Gasteiger partial charge in [-0.1, -0.05) is 12.1 Å². The first kappa shape index (κ1) is 14.4. The van der Waals surface area contributed by atoms with Crippen molar-refractivity contribution >= 4 is 5.91 Å². The molecule has 1 heterocycles. The zero-order chi connectivity index (χ0) is 15.0. The molecule has 1 amide bonds. The van der Waals surface area contributed by atoms with Crippen LogP contribution in [0.4, 0.5) is 0 Å². The predicted octanol–water partition coefficient (Wildman–Crippen LogP) is 1.78. The lowest BCUT2D eigenvalue weighted by Crippen LogP contribution is -2.39. The van der Waals surface area contributed by atoms with Crippen LogP contribution in [-0.2, 0) is 11.2 Å². The summed E-state index contributed by atoms with van der Waals surface area (Å²) >= 11 is 0. The fourth-order valence-electron chi connectivity index (χ4n) is 3.50. The van der Waals surface area contributed by atoms with Crippen molar-refractivity contribution in [3.8, 4) is 5.75 Å². The van der Waals surface area contributed by atoms with Gasteiger partial charge in [0.2, 0.25) is 5.91 Å². The van der Waals surface area contributed by atoms with Crippen LogP contribution in [0.3, 0.4) is 0 Å². The summed E-state index contributed by atoms with van der Waals surface area (Å²) in [7, 11) is 1.67. The van der Waals surface area contributed by atoms with Gasteiger partial charge in [0.25, 0.3) is 0 Å². The Bertz CT molecular complexity index is 543. The molecule has 0 unspecified atom stereocenters. The Morgan fingerprint density at radius 3 is 2.90 bits per heavy atom. The van der Waals surface area contributed by atoms with Crippen LogP contribution < -0.4 is 4.74 Å². The third-order valence-electron chi connectivity index (χ3n) is 4.98. The third-order valence-corrected chi connectivity index (χ3v) is 4.98. The van der Waals surface area contributed by atoms with Gasteiger partial charge in [0.1, 0.15) is 5.75 Å². The van der Waals surface area contributed by atoms with Crippen molar-refractivity contribution in [3.05, 3.63) is 29.3 Å². The number of benzene rings is 1. The van der Waals surface area contributed by atoms with Crippen molar-refractivity contribution in [1.82, 2.24) is 4.90 Å². The lowest BCUT2D eigenvalue weighted by atomic mass is 9.74. The van der Waals surface area contributed by atoms with E-state index in [1.165, 1.54) is 0 Å². The second kappa shape index (κ2) is 5.68. The Hall–Kier alpha value is -1.55. The number of aryl methyl sites for hydroxylation is 2. The van der Waals surface area contributed by atoms with Gasteiger partial charge in [-0.05, 0) is 42.9 Å². The molecule has 1 saturated heterocycles. The zero-order valence-corrected chi connectivity index (χ0v) is 12.7. The van der Waals surface area contributed by atoms with Gasteiger partial charge >= 0.3 is 0 Å². The van der Waals surface area contributed by atoms with Crippen LogP contribution >= 0.6 is 0 Å². The molecule has 4 nitrogen and oxygen atoms in total. The van der Waals surface area contributed by atoms with E-state index in [0.717, 1.165) is 42.8 Å². The number of carbonyl (C=O) groups excluding carboxylic acids is 1. The van der Waals surface area contributed by atoms with Crippen LogP contribution in [0, 0.1) is 18.8 Å². The summed E-state index contributed by atoms with van der Waals surface area (Å²) in [6.45, 7) is 3.58. The highest BCUT2D eigenvalue weighted by atomic mass is 16.5. The van der Waals surface area contributed by atoms with Crippen molar-refractivity contribution in [2.24, 2.45) is 11.8 Å². The van der Waals surface area contributed by atoms with Gasteiger partial charge in [0.05, 0.1) is 13.2 Å². The number of aliphatic hydroxyl groups is 1. The maximum atomic E-state index is 12.3. The van der Waals surface area contributed by atoms with Crippen LogP contribution in [0.5, 0.6) is 5.75 Å². The van der Waals surface area contributed by atoms with E-state index in [0.29, 0.717) is 18.3 Å². The minimum atomic E-state index is -0.186. The van der Waals surface area contributed by atoms with E-state index in [4.69, 9.17) is 4.74 Å². The molecule has 2 aliphatic rings. The van der Waals surface area contributed by atoms with Gasteiger partial charge in [-0.25, -0.2) is 0 Å². The van der Waals surface area contributed by atoms with Crippen LogP contribution in [0.15, 0.2) is 18.2 Å². The predicted molar refractivity (Wildman–Crippen MR) is 80.2 cm³/mol. The molecule has 4 heteroatoms. The number of likely N-dealkylation sites (tertiary alicyclic amines) is 1. The highest BCUT2D eigenvalue weighted by Crippen LogP contribution is 2.40. The SMILES string of the molecule is COc1cc(CCC(=O)N2C[C@H]3C[C@@H](O)[C@H]3C2)ccc1C. The number of ether oxygens (including phenoxy) is 1. The number of aliphatic hydroxyl groups excluding tert-OH is 1. The van der Waals surface area contributed by atoms with Gasteiger partial charge in [-0.2, -0.15) is 0 Å². The maximum absolute atomic E-state index is 12.3. The van der Waals surface area contributed by atoms with Crippen molar-refractivity contribution < 1.29 is 14.6 Å². The first-order valence-corrected chi connectivity index (χ1v) is 7.68. The summed E-state index contributed by atoms with van der Waals surface area (Å²) in [5.41, 5.74) is 2.24. The zero-order valence-electron chi connectivity index (χ0n) is 12.7. The van der Waals surface area contributed by atoms with E-state index in [9.17, 15) is 9.90 Å². The Kier molecular flexibility index (Phi) is 3.89. The van der Waals surface area contributed by atoms with Gasteiger partial charge < -0.3 is 14.7 Å². The van der Waals surface area contributed by atoms with Crippen LogP contribution in [-0.4, -0.2) is 42.2 Å². The molecule has 3 rings (SSSR count). The molecule has 1 saturated carbocycles. The molecule has 0 bridgehead atoms. The van der Waals surface area contributed by atoms with Gasteiger partial charge in [0, 0.05) is 25.4 Å². The lowest BCUT2D eigenvalue weighted by Gasteiger charge is -2.34. The Balaban J connectivity index is 1.54. The molecule has 1 aliphatic heterocycles. The van der Waals surface area contributed by atoms with Gasteiger partial charge in [-0.15, -0.1) is 0 Å². The average molecular weight is 289 g/mol. The summed E-state index contributed by atoms with van der Waals surface area (Å²) in [6.07, 6.45) is 1.95. The molecular weight excluding hydrogens is 266 g/mol.